The number of ether oxygens (including phenoxy) is 1. The van der Waals surface area contributed by atoms with Gasteiger partial charge in [0.25, 0.3) is 5.91 Å². The van der Waals surface area contributed by atoms with Gasteiger partial charge in [-0.1, -0.05) is 97.1 Å². The lowest BCUT2D eigenvalue weighted by atomic mass is 9.97. The van der Waals surface area contributed by atoms with E-state index in [0.29, 0.717) is 5.75 Å². The van der Waals surface area contributed by atoms with E-state index < -0.39 is 0 Å². The average molecular weight is 431 g/mol. The fraction of sp³-hybridized carbons (Fsp3) is 0.0345. The van der Waals surface area contributed by atoms with Crippen LogP contribution in [0.25, 0.3) is 32.7 Å². The molecule has 5 rings (SSSR count). The molecule has 0 heterocycles. The van der Waals surface area contributed by atoms with Gasteiger partial charge in [-0.15, -0.1) is 0 Å². The van der Waals surface area contributed by atoms with E-state index in [2.05, 4.69) is 40.9 Å². The summed E-state index contributed by atoms with van der Waals surface area (Å²) in [6.45, 7) is -0.128. The number of amides is 1. The normalized spacial score (nSPS) is 11.2. The standard InChI is InChI=1S/C29H22N2O2/c32-29(20-33-28-17-9-8-16-26(28)21-10-2-1-3-11-21)31-30-19-27-24-14-6-4-12-22(24)18-23-13-5-7-15-25(23)27/h1-19H,20H2,(H,31,32)/b30-19-. The summed E-state index contributed by atoms with van der Waals surface area (Å²) in [6, 6.07) is 36.1. The number of nitrogens with zero attached hydrogens (tertiary/aromatic N) is 1. The molecule has 0 unspecified atom stereocenters. The van der Waals surface area contributed by atoms with E-state index in [9.17, 15) is 4.79 Å². The van der Waals surface area contributed by atoms with Crippen molar-refractivity contribution in [3.05, 3.63) is 115 Å². The first kappa shape index (κ1) is 20.5. The third-order valence-electron chi connectivity index (χ3n) is 5.53. The number of hydrazone groups is 1. The maximum Gasteiger partial charge on any atom is 0.277 e. The van der Waals surface area contributed by atoms with Gasteiger partial charge in [0.2, 0.25) is 0 Å². The molecule has 0 aliphatic carbocycles. The highest BCUT2D eigenvalue weighted by Gasteiger charge is 2.09. The van der Waals surface area contributed by atoms with Crippen LogP contribution in [0.2, 0.25) is 0 Å². The van der Waals surface area contributed by atoms with E-state index in [4.69, 9.17) is 4.74 Å². The zero-order valence-electron chi connectivity index (χ0n) is 17.9. The van der Waals surface area contributed by atoms with Crippen molar-refractivity contribution in [2.45, 2.75) is 0 Å². The van der Waals surface area contributed by atoms with Crippen molar-refractivity contribution in [1.82, 2.24) is 5.43 Å². The molecule has 1 amide bonds. The molecule has 5 aromatic carbocycles. The number of fused-ring (bicyclic) bond motifs is 2. The van der Waals surface area contributed by atoms with Crippen molar-refractivity contribution in [2.75, 3.05) is 6.61 Å². The van der Waals surface area contributed by atoms with Gasteiger partial charge in [-0.05, 0) is 39.2 Å². The average Bonchev–Trinajstić information content (AvgIpc) is 2.88. The molecule has 0 saturated carbocycles. The van der Waals surface area contributed by atoms with Crippen LogP contribution >= 0.6 is 0 Å². The van der Waals surface area contributed by atoms with Crippen molar-refractivity contribution in [2.24, 2.45) is 5.10 Å². The van der Waals surface area contributed by atoms with Gasteiger partial charge in [-0.2, -0.15) is 5.10 Å². The summed E-state index contributed by atoms with van der Waals surface area (Å²) in [7, 11) is 0. The summed E-state index contributed by atoms with van der Waals surface area (Å²) >= 11 is 0. The number of benzene rings is 5. The minimum Gasteiger partial charge on any atom is -0.483 e. The zero-order chi connectivity index (χ0) is 22.5. The number of hydrogen-bond donors (Lipinski definition) is 1. The van der Waals surface area contributed by atoms with Gasteiger partial charge in [-0.25, -0.2) is 5.43 Å². The fourth-order valence-corrected chi connectivity index (χ4v) is 3.98. The smallest absolute Gasteiger partial charge is 0.277 e. The van der Waals surface area contributed by atoms with E-state index in [-0.39, 0.29) is 12.5 Å². The molecule has 0 radical (unpaired) electrons. The Morgan fingerprint density at radius 1 is 0.758 bits per heavy atom. The summed E-state index contributed by atoms with van der Waals surface area (Å²) in [5.74, 6) is 0.335. The summed E-state index contributed by atoms with van der Waals surface area (Å²) in [4.78, 5) is 12.4. The molecule has 1 N–H and O–H groups in total. The van der Waals surface area contributed by atoms with Crippen LogP contribution in [0.3, 0.4) is 0 Å². The second kappa shape index (κ2) is 9.37. The van der Waals surface area contributed by atoms with E-state index >= 15 is 0 Å². The Kier molecular flexibility index (Phi) is 5.81. The highest BCUT2D eigenvalue weighted by atomic mass is 16.5. The number of hydrogen-bond acceptors (Lipinski definition) is 3. The van der Waals surface area contributed by atoms with Crippen molar-refractivity contribution in [1.29, 1.82) is 0 Å². The van der Waals surface area contributed by atoms with Crippen molar-refractivity contribution < 1.29 is 9.53 Å². The second-order valence-electron chi connectivity index (χ2n) is 7.68. The van der Waals surface area contributed by atoms with E-state index in [1.54, 1.807) is 6.21 Å². The summed E-state index contributed by atoms with van der Waals surface area (Å²) in [6.07, 6.45) is 1.71. The Hall–Kier alpha value is -4.44. The summed E-state index contributed by atoms with van der Waals surface area (Å²) < 4.78 is 5.81. The zero-order valence-corrected chi connectivity index (χ0v) is 17.9. The topological polar surface area (TPSA) is 50.7 Å². The molecule has 0 bridgehead atoms. The van der Waals surface area contributed by atoms with Crippen LogP contribution in [-0.2, 0) is 4.79 Å². The monoisotopic (exact) mass is 430 g/mol. The predicted molar refractivity (Wildman–Crippen MR) is 135 cm³/mol. The first-order valence-corrected chi connectivity index (χ1v) is 10.8. The van der Waals surface area contributed by atoms with Gasteiger partial charge < -0.3 is 4.74 Å². The van der Waals surface area contributed by atoms with Gasteiger partial charge >= 0.3 is 0 Å². The van der Waals surface area contributed by atoms with Gasteiger partial charge in [0.1, 0.15) is 5.75 Å². The molecule has 0 aliphatic rings. The first-order valence-electron chi connectivity index (χ1n) is 10.8. The third-order valence-corrected chi connectivity index (χ3v) is 5.53. The molecule has 33 heavy (non-hydrogen) atoms. The third kappa shape index (κ3) is 4.46. The lowest BCUT2D eigenvalue weighted by Gasteiger charge is -2.11. The highest BCUT2D eigenvalue weighted by molar-refractivity contribution is 6.13. The molecule has 0 aromatic heterocycles. The van der Waals surface area contributed by atoms with E-state index in [1.807, 2.05) is 78.9 Å². The molecule has 5 aromatic rings. The molecule has 0 atom stereocenters. The lowest BCUT2D eigenvalue weighted by Crippen LogP contribution is -2.24. The van der Waals surface area contributed by atoms with Crippen molar-refractivity contribution in [3.8, 4) is 16.9 Å². The maximum absolute atomic E-state index is 12.4. The molecule has 160 valence electrons. The Morgan fingerprint density at radius 2 is 1.36 bits per heavy atom. The van der Waals surface area contributed by atoms with Gasteiger partial charge in [0.15, 0.2) is 6.61 Å². The first-order chi connectivity index (χ1) is 16.3. The van der Waals surface area contributed by atoms with Crippen LogP contribution in [-0.4, -0.2) is 18.7 Å². The van der Waals surface area contributed by atoms with Crippen LogP contribution in [0, 0.1) is 0 Å². The second-order valence-corrected chi connectivity index (χ2v) is 7.68. The lowest BCUT2D eigenvalue weighted by molar-refractivity contribution is -0.123. The molecule has 0 saturated heterocycles. The van der Waals surface area contributed by atoms with E-state index in [0.717, 1.165) is 38.2 Å². The number of carbonyl (C=O) groups excluding carboxylic acids is 1. The molecule has 4 nitrogen and oxygen atoms in total. The van der Waals surface area contributed by atoms with Gasteiger partial charge in [0.05, 0.1) is 6.21 Å². The van der Waals surface area contributed by atoms with Crippen LogP contribution in [0.15, 0.2) is 114 Å². The number of rotatable bonds is 6. The van der Waals surface area contributed by atoms with Crippen molar-refractivity contribution >= 4 is 33.7 Å². The molecular weight excluding hydrogens is 408 g/mol. The number of para-hydroxylation sites is 1. The Bertz CT molecular complexity index is 1410. The van der Waals surface area contributed by atoms with Crippen LogP contribution < -0.4 is 10.2 Å². The SMILES string of the molecule is O=C(COc1ccccc1-c1ccccc1)N/N=C\c1c2ccccc2cc2ccccc12. The molecule has 0 spiro atoms. The van der Waals surface area contributed by atoms with Gasteiger partial charge in [-0.3, -0.25) is 4.79 Å². The number of nitrogens with one attached hydrogen (secondary N) is 1. The number of carbonyl (C=O) groups is 1. The highest BCUT2D eigenvalue weighted by Crippen LogP contribution is 2.29. The van der Waals surface area contributed by atoms with E-state index in [1.165, 1.54) is 0 Å². The van der Waals surface area contributed by atoms with Crippen LogP contribution in [0.4, 0.5) is 0 Å². The molecule has 4 heteroatoms. The Balaban J connectivity index is 1.32. The van der Waals surface area contributed by atoms with Crippen LogP contribution in [0.1, 0.15) is 5.56 Å². The largest absolute Gasteiger partial charge is 0.483 e. The molecule has 0 aliphatic heterocycles. The fourth-order valence-electron chi connectivity index (χ4n) is 3.98. The maximum atomic E-state index is 12.4. The predicted octanol–water partition coefficient (Wildman–Crippen LogP) is 6.19. The summed E-state index contributed by atoms with van der Waals surface area (Å²) in [5.41, 5.74) is 5.54. The minimum absolute atomic E-state index is 0.128. The Labute approximate surface area is 192 Å². The minimum atomic E-state index is -0.321. The van der Waals surface area contributed by atoms with Gasteiger partial charge in [0, 0.05) is 11.1 Å². The van der Waals surface area contributed by atoms with Crippen molar-refractivity contribution in [3.63, 3.8) is 0 Å². The Morgan fingerprint density at radius 3 is 2.09 bits per heavy atom. The molecular formula is C29H22N2O2. The quantitative estimate of drug-likeness (QED) is 0.198. The summed E-state index contributed by atoms with van der Waals surface area (Å²) in [5, 5.41) is 8.66. The van der Waals surface area contributed by atoms with Crippen LogP contribution in [0.5, 0.6) is 5.75 Å². The molecule has 0 fully saturated rings.